The van der Waals surface area contributed by atoms with Crippen molar-refractivity contribution in [2.75, 3.05) is 37.3 Å². The van der Waals surface area contributed by atoms with Crippen LogP contribution < -0.4 is 16.0 Å². The van der Waals surface area contributed by atoms with Gasteiger partial charge in [0, 0.05) is 37.2 Å². The molecule has 0 saturated carbocycles. The lowest BCUT2D eigenvalue weighted by Gasteiger charge is -2.23. The molecule has 0 spiro atoms. The molecule has 6 nitrogen and oxygen atoms in total. The Morgan fingerprint density at radius 1 is 1.15 bits per heavy atom. The Morgan fingerprint density at radius 2 is 2.00 bits per heavy atom. The predicted molar refractivity (Wildman–Crippen MR) is 106 cm³/mol. The zero-order chi connectivity index (χ0) is 17.8. The fraction of sp³-hybridized carbons (Fsp3) is 0.350. The van der Waals surface area contributed by atoms with Gasteiger partial charge >= 0.3 is 0 Å². The number of anilines is 2. The number of fused-ring (bicyclic) bond motifs is 1. The molecule has 1 aliphatic heterocycles. The lowest BCUT2D eigenvalue weighted by atomic mass is 10.00. The summed E-state index contributed by atoms with van der Waals surface area (Å²) in [4.78, 5) is 13.8. The van der Waals surface area contributed by atoms with Gasteiger partial charge in [-0.05, 0) is 50.0 Å². The molecule has 134 valence electrons. The van der Waals surface area contributed by atoms with E-state index in [-0.39, 0.29) is 0 Å². The van der Waals surface area contributed by atoms with Crippen LogP contribution in [0.5, 0.6) is 0 Å². The first kappa shape index (κ1) is 16.7. The number of benzene rings is 1. The highest BCUT2D eigenvalue weighted by Gasteiger charge is 2.15. The molecule has 0 aliphatic carbocycles. The van der Waals surface area contributed by atoms with Crippen LogP contribution in [-0.4, -0.2) is 41.6 Å². The molecule has 0 unspecified atom stereocenters. The van der Waals surface area contributed by atoms with Gasteiger partial charge in [0.15, 0.2) is 5.82 Å². The Kier molecular flexibility index (Phi) is 4.93. The third-order valence-corrected chi connectivity index (χ3v) is 4.88. The SMILES string of the molecule is CNc1ccc(-c2cc3nccnc3c(NC[C@H]3CCCNC3)n2)cc1. The molecule has 1 aliphatic rings. The lowest BCUT2D eigenvalue weighted by molar-refractivity contribution is 0.392. The molecule has 0 radical (unpaired) electrons. The van der Waals surface area contributed by atoms with Gasteiger partial charge in [0.2, 0.25) is 0 Å². The topological polar surface area (TPSA) is 74.8 Å². The van der Waals surface area contributed by atoms with Crippen molar-refractivity contribution in [2.45, 2.75) is 12.8 Å². The third kappa shape index (κ3) is 3.60. The maximum absolute atomic E-state index is 4.86. The van der Waals surface area contributed by atoms with Crippen LogP contribution >= 0.6 is 0 Å². The van der Waals surface area contributed by atoms with E-state index in [0.29, 0.717) is 5.92 Å². The van der Waals surface area contributed by atoms with E-state index in [9.17, 15) is 0 Å². The van der Waals surface area contributed by atoms with Crippen LogP contribution in [0.1, 0.15) is 12.8 Å². The largest absolute Gasteiger partial charge is 0.388 e. The van der Waals surface area contributed by atoms with Crippen molar-refractivity contribution in [2.24, 2.45) is 5.92 Å². The maximum atomic E-state index is 4.86. The summed E-state index contributed by atoms with van der Waals surface area (Å²) in [6, 6.07) is 10.3. The molecule has 0 bridgehead atoms. The van der Waals surface area contributed by atoms with Crippen molar-refractivity contribution in [1.82, 2.24) is 20.3 Å². The first-order valence-corrected chi connectivity index (χ1v) is 9.18. The third-order valence-electron chi connectivity index (χ3n) is 4.88. The second-order valence-electron chi connectivity index (χ2n) is 6.70. The highest BCUT2D eigenvalue weighted by atomic mass is 15.0. The first-order valence-electron chi connectivity index (χ1n) is 9.18. The van der Waals surface area contributed by atoms with Crippen LogP contribution in [0.3, 0.4) is 0 Å². The average molecular weight is 348 g/mol. The number of hydrogen-bond acceptors (Lipinski definition) is 6. The first-order chi connectivity index (χ1) is 12.8. The van der Waals surface area contributed by atoms with Gasteiger partial charge < -0.3 is 16.0 Å². The molecule has 1 saturated heterocycles. The molecule has 4 rings (SSSR count). The minimum Gasteiger partial charge on any atom is -0.388 e. The molecule has 1 aromatic carbocycles. The van der Waals surface area contributed by atoms with E-state index in [4.69, 9.17) is 4.98 Å². The average Bonchev–Trinajstić information content (AvgIpc) is 2.72. The van der Waals surface area contributed by atoms with E-state index in [0.717, 1.165) is 53.4 Å². The van der Waals surface area contributed by atoms with Crippen LogP contribution in [-0.2, 0) is 0 Å². The summed E-state index contributed by atoms with van der Waals surface area (Å²) in [6.45, 7) is 3.08. The number of pyridine rings is 1. The number of nitrogens with zero attached hydrogens (tertiary/aromatic N) is 3. The number of aromatic nitrogens is 3. The van der Waals surface area contributed by atoms with E-state index in [1.165, 1.54) is 12.8 Å². The van der Waals surface area contributed by atoms with E-state index < -0.39 is 0 Å². The summed E-state index contributed by atoms with van der Waals surface area (Å²) in [7, 11) is 1.92. The maximum Gasteiger partial charge on any atom is 0.154 e. The highest BCUT2D eigenvalue weighted by Crippen LogP contribution is 2.26. The van der Waals surface area contributed by atoms with Gasteiger partial charge in [0.25, 0.3) is 0 Å². The van der Waals surface area contributed by atoms with E-state index in [1.54, 1.807) is 12.4 Å². The van der Waals surface area contributed by atoms with Gasteiger partial charge in [-0.15, -0.1) is 0 Å². The summed E-state index contributed by atoms with van der Waals surface area (Å²) >= 11 is 0. The monoisotopic (exact) mass is 348 g/mol. The fourth-order valence-corrected chi connectivity index (χ4v) is 3.39. The van der Waals surface area contributed by atoms with Crippen LogP contribution in [0.15, 0.2) is 42.7 Å². The molecular formula is C20H24N6. The second-order valence-corrected chi connectivity index (χ2v) is 6.70. The summed E-state index contributed by atoms with van der Waals surface area (Å²) < 4.78 is 0. The Hall–Kier alpha value is -2.73. The fourth-order valence-electron chi connectivity index (χ4n) is 3.39. The summed E-state index contributed by atoms with van der Waals surface area (Å²) in [5.41, 5.74) is 4.74. The van der Waals surface area contributed by atoms with E-state index in [2.05, 4.69) is 50.2 Å². The molecule has 3 heterocycles. The van der Waals surface area contributed by atoms with Crippen molar-refractivity contribution >= 4 is 22.5 Å². The molecule has 6 heteroatoms. The van der Waals surface area contributed by atoms with Gasteiger partial charge in [0.1, 0.15) is 5.52 Å². The van der Waals surface area contributed by atoms with Gasteiger partial charge in [-0.3, -0.25) is 4.98 Å². The smallest absolute Gasteiger partial charge is 0.154 e. The zero-order valence-corrected chi connectivity index (χ0v) is 15.0. The Balaban J connectivity index is 1.65. The number of hydrogen-bond donors (Lipinski definition) is 3. The number of nitrogens with one attached hydrogen (secondary N) is 3. The molecule has 1 fully saturated rings. The van der Waals surface area contributed by atoms with Crippen LogP contribution in [0.25, 0.3) is 22.3 Å². The number of rotatable bonds is 5. The number of piperidine rings is 1. The molecule has 3 N–H and O–H groups in total. The molecule has 26 heavy (non-hydrogen) atoms. The normalized spacial score (nSPS) is 17.2. The van der Waals surface area contributed by atoms with Gasteiger partial charge in [0.05, 0.1) is 11.2 Å². The molecular weight excluding hydrogens is 324 g/mol. The van der Waals surface area contributed by atoms with Crippen molar-refractivity contribution in [3.05, 3.63) is 42.7 Å². The molecule has 2 aromatic heterocycles. The Morgan fingerprint density at radius 3 is 2.77 bits per heavy atom. The Bertz CT molecular complexity index is 871. The summed E-state index contributed by atoms with van der Waals surface area (Å²) in [5.74, 6) is 1.43. The summed E-state index contributed by atoms with van der Waals surface area (Å²) in [6.07, 6.45) is 5.93. The predicted octanol–water partition coefficient (Wildman–Crippen LogP) is 3.15. The van der Waals surface area contributed by atoms with Crippen molar-refractivity contribution in [1.29, 1.82) is 0 Å². The van der Waals surface area contributed by atoms with Crippen LogP contribution in [0.4, 0.5) is 11.5 Å². The van der Waals surface area contributed by atoms with Crippen molar-refractivity contribution < 1.29 is 0 Å². The van der Waals surface area contributed by atoms with Crippen LogP contribution in [0, 0.1) is 5.92 Å². The molecule has 1 atom stereocenters. The van der Waals surface area contributed by atoms with Gasteiger partial charge in [-0.2, -0.15) is 0 Å². The van der Waals surface area contributed by atoms with E-state index in [1.807, 2.05) is 13.1 Å². The molecule has 3 aromatic rings. The minimum atomic E-state index is 0.621. The Labute approximate surface area is 153 Å². The minimum absolute atomic E-state index is 0.621. The zero-order valence-electron chi connectivity index (χ0n) is 15.0. The van der Waals surface area contributed by atoms with Crippen LogP contribution in [0.2, 0.25) is 0 Å². The van der Waals surface area contributed by atoms with Gasteiger partial charge in [-0.25, -0.2) is 9.97 Å². The highest BCUT2D eigenvalue weighted by molar-refractivity contribution is 5.88. The second kappa shape index (κ2) is 7.66. The lowest BCUT2D eigenvalue weighted by Crippen LogP contribution is -2.33. The quantitative estimate of drug-likeness (QED) is 0.658. The van der Waals surface area contributed by atoms with Gasteiger partial charge in [-0.1, -0.05) is 12.1 Å². The summed E-state index contributed by atoms with van der Waals surface area (Å²) in [5, 5.41) is 10.1. The van der Waals surface area contributed by atoms with Crippen molar-refractivity contribution in [3.63, 3.8) is 0 Å². The molecule has 0 amide bonds. The van der Waals surface area contributed by atoms with E-state index >= 15 is 0 Å². The standard InChI is InChI=1S/C20H24N6/c1-21-16-6-4-15(5-7-16)17-11-18-19(24-10-9-23-18)20(26-17)25-13-14-3-2-8-22-12-14/h4-7,9-11,14,21-22H,2-3,8,12-13H2,1H3,(H,25,26)/t14-/m0/s1. The van der Waals surface area contributed by atoms with Crippen molar-refractivity contribution in [3.8, 4) is 11.3 Å².